The van der Waals surface area contributed by atoms with Crippen molar-refractivity contribution in [3.05, 3.63) is 89.6 Å². The number of alkyl halides is 6. The molecular formula is C26H22F6I2O. The molecule has 0 bridgehead atoms. The molecule has 1 atom stereocenters. The van der Waals surface area contributed by atoms with E-state index in [-0.39, 0.29) is 22.1 Å². The molecule has 3 aromatic carbocycles. The number of hydrogen-bond donors (Lipinski definition) is 0. The van der Waals surface area contributed by atoms with Gasteiger partial charge in [0.2, 0.25) is 0 Å². The fourth-order valence-electron chi connectivity index (χ4n) is 3.85. The van der Waals surface area contributed by atoms with E-state index in [2.05, 4.69) is 0 Å². The second kappa shape index (κ2) is 10.2. The Morgan fingerprint density at radius 2 is 1.14 bits per heavy atom. The summed E-state index contributed by atoms with van der Waals surface area (Å²) in [6.45, 7) is 5.94. The predicted molar refractivity (Wildman–Crippen MR) is 141 cm³/mol. The average molecular weight is 718 g/mol. The Balaban J connectivity index is 2.40. The number of ether oxygens (including phenoxy) is 1. The largest absolute Gasteiger partial charge is 0.416 e. The van der Waals surface area contributed by atoms with Crippen LogP contribution in [0.1, 0.15) is 54.7 Å². The topological polar surface area (TPSA) is 9.23 Å². The minimum Gasteiger partial charge on any atom is -0.372 e. The maximum absolute atomic E-state index is 14.3. The molecule has 0 aliphatic rings. The van der Waals surface area contributed by atoms with Crippen LogP contribution in [0.5, 0.6) is 0 Å². The van der Waals surface area contributed by atoms with E-state index in [0.717, 1.165) is 24.8 Å². The van der Waals surface area contributed by atoms with Gasteiger partial charge in [-0.3, -0.25) is 0 Å². The van der Waals surface area contributed by atoms with E-state index in [9.17, 15) is 26.3 Å². The van der Waals surface area contributed by atoms with Crippen LogP contribution in [0.3, 0.4) is 0 Å². The number of hydrogen-bond acceptors (Lipinski definition) is 1. The van der Waals surface area contributed by atoms with Crippen molar-refractivity contribution in [1.29, 1.82) is 0 Å². The van der Waals surface area contributed by atoms with Gasteiger partial charge in [-0.2, -0.15) is 26.3 Å². The summed E-state index contributed by atoms with van der Waals surface area (Å²) in [5.41, 5.74) is -2.67. The van der Waals surface area contributed by atoms with E-state index in [1.807, 2.05) is 66.0 Å². The van der Waals surface area contributed by atoms with Crippen molar-refractivity contribution in [1.82, 2.24) is 0 Å². The van der Waals surface area contributed by atoms with Crippen molar-refractivity contribution < 1.29 is 31.1 Å². The summed E-state index contributed by atoms with van der Waals surface area (Å²) in [5.74, 6) is 0. The molecule has 0 fully saturated rings. The third-order valence-electron chi connectivity index (χ3n) is 5.60. The summed E-state index contributed by atoms with van der Waals surface area (Å²) in [6.07, 6.45) is -11.7. The van der Waals surface area contributed by atoms with Crippen LogP contribution in [-0.4, -0.2) is 7.11 Å². The Morgan fingerprint density at radius 1 is 0.686 bits per heavy atom. The Bertz CT molecular complexity index is 1150. The molecule has 35 heavy (non-hydrogen) atoms. The molecular weight excluding hydrogens is 696 g/mol. The summed E-state index contributed by atoms with van der Waals surface area (Å²) in [6, 6.07) is 12.8. The lowest BCUT2D eigenvalue weighted by Gasteiger charge is -2.29. The number of methoxy groups -OCH3 is 1. The van der Waals surface area contributed by atoms with Crippen LogP contribution in [0.15, 0.2) is 54.6 Å². The second-order valence-electron chi connectivity index (χ2n) is 9.07. The van der Waals surface area contributed by atoms with Gasteiger partial charge in [-0.25, -0.2) is 0 Å². The van der Waals surface area contributed by atoms with E-state index in [4.69, 9.17) is 4.74 Å². The molecule has 0 aromatic heterocycles. The van der Waals surface area contributed by atoms with Gasteiger partial charge in [-0.15, -0.1) is 0 Å². The lowest BCUT2D eigenvalue weighted by molar-refractivity contribution is -0.145. The first kappa shape index (κ1) is 28.2. The third kappa shape index (κ3) is 6.15. The SMILES string of the molecule is COC(c1c(I)cc(C(C)(C)C)cc1I)c1c(C(F)(F)F)cc(-c2ccccc2)cc1C(F)(F)F. The van der Waals surface area contributed by atoms with E-state index in [1.165, 1.54) is 12.1 Å². The predicted octanol–water partition coefficient (Wildman–Crippen LogP) is 9.63. The highest BCUT2D eigenvalue weighted by Crippen LogP contribution is 2.48. The molecule has 0 radical (unpaired) electrons. The number of halogens is 8. The van der Waals surface area contributed by atoms with Gasteiger partial charge < -0.3 is 4.74 Å². The van der Waals surface area contributed by atoms with Crippen molar-refractivity contribution in [3.63, 3.8) is 0 Å². The first-order chi connectivity index (χ1) is 16.1. The molecule has 3 aromatic rings. The van der Waals surface area contributed by atoms with E-state index in [1.54, 1.807) is 30.3 Å². The monoisotopic (exact) mass is 718 g/mol. The number of benzene rings is 3. The maximum Gasteiger partial charge on any atom is 0.416 e. The molecule has 9 heteroatoms. The van der Waals surface area contributed by atoms with Gasteiger partial charge in [0.15, 0.2) is 0 Å². The van der Waals surface area contributed by atoms with Crippen molar-refractivity contribution in [2.24, 2.45) is 0 Å². The minimum atomic E-state index is -5.04. The summed E-state index contributed by atoms with van der Waals surface area (Å²) < 4.78 is 92.4. The fraction of sp³-hybridized carbons (Fsp3) is 0.308. The molecule has 0 N–H and O–H groups in total. The van der Waals surface area contributed by atoms with Crippen molar-refractivity contribution >= 4 is 45.2 Å². The summed E-state index contributed by atoms with van der Waals surface area (Å²) in [7, 11) is 1.12. The molecule has 0 amide bonds. The van der Waals surface area contributed by atoms with Gasteiger partial charge in [-0.1, -0.05) is 51.1 Å². The van der Waals surface area contributed by atoms with Gasteiger partial charge in [0.1, 0.15) is 6.10 Å². The summed E-state index contributed by atoms with van der Waals surface area (Å²) in [4.78, 5) is 0. The average Bonchev–Trinajstić information content (AvgIpc) is 2.74. The molecule has 1 nitrogen and oxygen atoms in total. The molecule has 0 spiro atoms. The van der Waals surface area contributed by atoms with Crippen LogP contribution in [0.4, 0.5) is 26.3 Å². The summed E-state index contributed by atoms with van der Waals surface area (Å²) >= 11 is 3.90. The van der Waals surface area contributed by atoms with Crippen LogP contribution in [0, 0.1) is 7.14 Å². The first-order valence-electron chi connectivity index (χ1n) is 10.5. The van der Waals surface area contributed by atoms with Crippen LogP contribution >= 0.6 is 45.2 Å². The van der Waals surface area contributed by atoms with E-state index < -0.39 is 35.1 Å². The van der Waals surface area contributed by atoms with E-state index >= 15 is 0 Å². The highest BCUT2D eigenvalue weighted by atomic mass is 127. The lowest BCUT2D eigenvalue weighted by atomic mass is 9.84. The standard InChI is InChI=1S/C26H22F6I2O/c1-24(2,3)16-12-19(33)22(20(34)13-16)23(35-4)21-17(25(27,28)29)10-15(11-18(21)26(30,31)32)14-8-6-5-7-9-14/h5-13,23H,1-4H3. The maximum atomic E-state index is 14.3. The quantitative estimate of drug-likeness (QED) is 0.193. The molecule has 3 rings (SSSR count). The van der Waals surface area contributed by atoms with Gasteiger partial charge in [0.25, 0.3) is 0 Å². The van der Waals surface area contributed by atoms with E-state index in [0.29, 0.717) is 7.14 Å². The van der Waals surface area contributed by atoms with Gasteiger partial charge in [-0.05, 0) is 91.6 Å². The molecule has 0 aliphatic heterocycles. The van der Waals surface area contributed by atoms with Crippen LogP contribution < -0.4 is 0 Å². The van der Waals surface area contributed by atoms with Crippen molar-refractivity contribution in [2.45, 2.75) is 44.6 Å². The second-order valence-corrected chi connectivity index (χ2v) is 11.4. The molecule has 0 aliphatic carbocycles. The van der Waals surface area contributed by atoms with Crippen LogP contribution in [0.2, 0.25) is 0 Å². The zero-order valence-corrected chi connectivity index (χ0v) is 23.5. The zero-order chi connectivity index (χ0) is 26.3. The van der Waals surface area contributed by atoms with Crippen molar-refractivity contribution in [2.75, 3.05) is 7.11 Å². The molecule has 1 unspecified atom stereocenters. The Labute approximate surface area is 227 Å². The first-order valence-corrected chi connectivity index (χ1v) is 12.6. The van der Waals surface area contributed by atoms with Crippen LogP contribution in [-0.2, 0) is 22.5 Å². The summed E-state index contributed by atoms with van der Waals surface area (Å²) in [5, 5.41) is 0. The lowest BCUT2D eigenvalue weighted by Crippen LogP contribution is -2.22. The highest BCUT2D eigenvalue weighted by molar-refractivity contribution is 14.1. The molecule has 0 saturated heterocycles. The highest BCUT2D eigenvalue weighted by Gasteiger charge is 2.44. The zero-order valence-electron chi connectivity index (χ0n) is 19.2. The number of rotatable bonds is 4. The Morgan fingerprint density at radius 3 is 1.51 bits per heavy atom. The smallest absolute Gasteiger partial charge is 0.372 e. The third-order valence-corrected chi connectivity index (χ3v) is 7.39. The molecule has 0 heterocycles. The Kier molecular flexibility index (Phi) is 8.23. The van der Waals surface area contributed by atoms with Gasteiger partial charge >= 0.3 is 12.4 Å². The fourth-order valence-corrected chi connectivity index (χ4v) is 6.18. The molecule has 188 valence electrons. The Hall–Kier alpha value is -1.34. The van der Waals surface area contributed by atoms with Crippen LogP contribution in [0.25, 0.3) is 11.1 Å². The van der Waals surface area contributed by atoms with Gasteiger partial charge in [0, 0.05) is 25.4 Å². The minimum absolute atomic E-state index is 0.170. The van der Waals surface area contributed by atoms with Crippen molar-refractivity contribution in [3.8, 4) is 11.1 Å². The molecule has 0 saturated carbocycles. The normalized spacial score (nSPS) is 13.7. The van der Waals surface area contributed by atoms with Gasteiger partial charge in [0.05, 0.1) is 11.1 Å².